The van der Waals surface area contributed by atoms with Gasteiger partial charge in [0.15, 0.2) is 0 Å². The normalized spacial score (nSPS) is 18.6. The van der Waals surface area contributed by atoms with Crippen LogP contribution in [0.15, 0.2) is 36.4 Å². The van der Waals surface area contributed by atoms with Crippen LogP contribution < -0.4 is 0 Å². The van der Waals surface area contributed by atoms with Gasteiger partial charge in [-0.1, -0.05) is 30.3 Å². The molecule has 1 atom stereocenters. The summed E-state index contributed by atoms with van der Waals surface area (Å²) in [6.07, 6.45) is 2.42. The molecular weight excluding hydrogens is 260 g/mol. The molecule has 3 rings (SSSR count). The van der Waals surface area contributed by atoms with E-state index < -0.39 is 0 Å². The van der Waals surface area contributed by atoms with Crippen molar-refractivity contribution in [3.8, 4) is 0 Å². The van der Waals surface area contributed by atoms with Crippen molar-refractivity contribution in [3.05, 3.63) is 57.3 Å². The molecule has 18 heavy (non-hydrogen) atoms. The highest BCUT2D eigenvalue weighted by atomic mass is 35.5. The summed E-state index contributed by atoms with van der Waals surface area (Å²) in [5, 5.41) is 0.116. The molecule has 1 saturated carbocycles. The number of benzene rings is 1. The molecule has 1 unspecified atom stereocenters. The summed E-state index contributed by atoms with van der Waals surface area (Å²) in [4.78, 5) is 2.73. The molecule has 0 bridgehead atoms. The zero-order chi connectivity index (χ0) is 12.8. The molecule has 2 heteroatoms. The Balaban J connectivity index is 1.98. The molecule has 0 N–H and O–H groups in total. The lowest BCUT2D eigenvalue weighted by molar-refractivity contribution is 0.661. The van der Waals surface area contributed by atoms with Crippen LogP contribution in [0.1, 0.15) is 39.1 Å². The Bertz CT molecular complexity index is 552. The SMILES string of the molecule is Cc1cc(C(Cl)C2(c3ccccc3)CC2)c(C)s1. The van der Waals surface area contributed by atoms with E-state index >= 15 is 0 Å². The Morgan fingerprint density at radius 2 is 1.83 bits per heavy atom. The van der Waals surface area contributed by atoms with Gasteiger partial charge in [0, 0.05) is 15.2 Å². The van der Waals surface area contributed by atoms with Crippen molar-refractivity contribution in [3.63, 3.8) is 0 Å². The van der Waals surface area contributed by atoms with Gasteiger partial charge in [-0.15, -0.1) is 22.9 Å². The largest absolute Gasteiger partial charge is 0.146 e. The van der Waals surface area contributed by atoms with E-state index in [0.29, 0.717) is 0 Å². The van der Waals surface area contributed by atoms with E-state index in [9.17, 15) is 0 Å². The first-order valence-electron chi connectivity index (χ1n) is 6.40. The van der Waals surface area contributed by atoms with Crippen molar-refractivity contribution < 1.29 is 0 Å². The highest BCUT2D eigenvalue weighted by molar-refractivity contribution is 7.12. The number of hydrogen-bond donors (Lipinski definition) is 0. The van der Waals surface area contributed by atoms with E-state index in [1.54, 1.807) is 0 Å². The molecule has 1 aromatic carbocycles. The van der Waals surface area contributed by atoms with Gasteiger partial charge in [-0.2, -0.15) is 0 Å². The second-order valence-corrected chi connectivity index (χ2v) is 7.15. The maximum atomic E-state index is 6.82. The smallest absolute Gasteiger partial charge is 0.0692 e. The third kappa shape index (κ3) is 1.90. The molecule has 0 saturated heterocycles. The van der Waals surface area contributed by atoms with Gasteiger partial charge >= 0.3 is 0 Å². The lowest BCUT2D eigenvalue weighted by atomic mass is 9.88. The summed E-state index contributed by atoms with van der Waals surface area (Å²) in [5.74, 6) is 0. The summed E-state index contributed by atoms with van der Waals surface area (Å²) in [5.41, 5.74) is 2.91. The number of rotatable bonds is 3. The van der Waals surface area contributed by atoms with Crippen molar-refractivity contribution in [2.75, 3.05) is 0 Å². The summed E-state index contributed by atoms with van der Waals surface area (Å²) in [6, 6.07) is 13.0. The summed E-state index contributed by atoms with van der Waals surface area (Å²) in [6.45, 7) is 4.34. The van der Waals surface area contributed by atoms with Gasteiger partial charge in [-0.25, -0.2) is 0 Å². The van der Waals surface area contributed by atoms with Gasteiger partial charge in [-0.3, -0.25) is 0 Å². The van der Waals surface area contributed by atoms with Gasteiger partial charge in [-0.05, 0) is 43.9 Å². The minimum Gasteiger partial charge on any atom is -0.146 e. The Labute approximate surface area is 118 Å². The van der Waals surface area contributed by atoms with Crippen molar-refractivity contribution in [2.24, 2.45) is 0 Å². The van der Waals surface area contributed by atoms with E-state index in [2.05, 4.69) is 50.2 Å². The Kier molecular flexibility index (Phi) is 2.99. The quantitative estimate of drug-likeness (QED) is 0.661. The van der Waals surface area contributed by atoms with E-state index in [1.165, 1.54) is 33.7 Å². The lowest BCUT2D eigenvalue weighted by Crippen LogP contribution is -2.14. The van der Waals surface area contributed by atoms with Crippen molar-refractivity contribution in [1.29, 1.82) is 0 Å². The van der Waals surface area contributed by atoms with Crippen LogP contribution in [-0.4, -0.2) is 0 Å². The van der Waals surface area contributed by atoms with Gasteiger partial charge < -0.3 is 0 Å². The van der Waals surface area contributed by atoms with Gasteiger partial charge in [0.1, 0.15) is 0 Å². The van der Waals surface area contributed by atoms with Crippen LogP contribution in [0, 0.1) is 13.8 Å². The number of hydrogen-bond acceptors (Lipinski definition) is 1. The molecule has 0 spiro atoms. The van der Waals surface area contributed by atoms with Crippen molar-refractivity contribution in [1.82, 2.24) is 0 Å². The first kappa shape index (κ1) is 12.3. The van der Waals surface area contributed by atoms with Crippen LogP contribution in [0.25, 0.3) is 0 Å². The Morgan fingerprint density at radius 1 is 1.17 bits per heavy atom. The Morgan fingerprint density at radius 3 is 2.33 bits per heavy atom. The van der Waals surface area contributed by atoms with Crippen LogP contribution >= 0.6 is 22.9 Å². The molecule has 0 aliphatic heterocycles. The van der Waals surface area contributed by atoms with Crippen molar-refractivity contribution >= 4 is 22.9 Å². The summed E-state index contributed by atoms with van der Waals surface area (Å²) in [7, 11) is 0. The predicted octanol–water partition coefficient (Wildman–Crippen LogP) is 5.38. The second kappa shape index (κ2) is 4.40. The first-order chi connectivity index (χ1) is 8.63. The van der Waals surface area contributed by atoms with Crippen LogP contribution in [-0.2, 0) is 5.41 Å². The highest BCUT2D eigenvalue weighted by Crippen LogP contribution is 2.60. The minimum absolute atomic E-state index is 0.116. The topological polar surface area (TPSA) is 0 Å². The fourth-order valence-electron chi connectivity index (χ4n) is 2.79. The number of thiophene rings is 1. The summed E-state index contributed by atoms with van der Waals surface area (Å²) < 4.78 is 0. The molecule has 1 heterocycles. The van der Waals surface area contributed by atoms with E-state index in [-0.39, 0.29) is 10.8 Å². The minimum atomic E-state index is 0.116. The van der Waals surface area contributed by atoms with Gasteiger partial charge in [0.2, 0.25) is 0 Å². The molecule has 1 aliphatic rings. The second-order valence-electron chi connectivity index (χ2n) is 5.25. The fraction of sp³-hybridized carbons (Fsp3) is 0.375. The van der Waals surface area contributed by atoms with Crippen molar-refractivity contribution in [2.45, 2.75) is 37.5 Å². The molecule has 0 radical (unpaired) electrons. The van der Waals surface area contributed by atoms with Crippen LogP contribution in [0.3, 0.4) is 0 Å². The molecule has 1 aromatic heterocycles. The zero-order valence-corrected chi connectivity index (χ0v) is 12.3. The van der Waals surface area contributed by atoms with Crippen LogP contribution in [0.5, 0.6) is 0 Å². The van der Waals surface area contributed by atoms with Gasteiger partial charge in [0.05, 0.1) is 5.38 Å². The number of alkyl halides is 1. The van der Waals surface area contributed by atoms with E-state index in [1.807, 2.05) is 11.3 Å². The average Bonchev–Trinajstić information content (AvgIpc) is 3.11. The monoisotopic (exact) mass is 276 g/mol. The maximum absolute atomic E-state index is 6.82. The highest BCUT2D eigenvalue weighted by Gasteiger charge is 2.51. The Hall–Kier alpha value is -0.790. The van der Waals surface area contributed by atoms with Crippen LogP contribution in [0.4, 0.5) is 0 Å². The van der Waals surface area contributed by atoms with E-state index in [4.69, 9.17) is 11.6 Å². The van der Waals surface area contributed by atoms with Crippen LogP contribution in [0.2, 0.25) is 0 Å². The fourth-order valence-corrected chi connectivity index (χ4v) is 4.39. The standard InChI is InChI=1S/C16H17ClS/c1-11-10-14(12(2)18-11)15(17)16(8-9-16)13-6-4-3-5-7-13/h3-7,10,15H,8-9H2,1-2H3. The molecular formula is C16H17ClS. The molecule has 1 fully saturated rings. The molecule has 0 amide bonds. The molecule has 1 aliphatic carbocycles. The molecule has 2 aromatic rings. The number of aryl methyl sites for hydroxylation is 2. The summed E-state index contributed by atoms with van der Waals surface area (Å²) >= 11 is 8.67. The third-order valence-electron chi connectivity index (χ3n) is 3.97. The van der Waals surface area contributed by atoms with Gasteiger partial charge in [0.25, 0.3) is 0 Å². The first-order valence-corrected chi connectivity index (χ1v) is 7.65. The average molecular weight is 277 g/mol. The lowest BCUT2D eigenvalue weighted by Gasteiger charge is -2.22. The van der Waals surface area contributed by atoms with E-state index in [0.717, 1.165) is 0 Å². The maximum Gasteiger partial charge on any atom is 0.0692 e. The number of halogens is 1. The third-order valence-corrected chi connectivity index (χ3v) is 5.61. The zero-order valence-electron chi connectivity index (χ0n) is 10.7. The predicted molar refractivity (Wildman–Crippen MR) is 79.7 cm³/mol. The molecule has 0 nitrogen and oxygen atoms in total. The molecule has 94 valence electrons.